The predicted octanol–water partition coefficient (Wildman–Crippen LogP) is 1.71. The van der Waals surface area contributed by atoms with Crippen molar-refractivity contribution in [3.63, 3.8) is 0 Å². The molecule has 0 saturated heterocycles. The molecule has 1 aromatic carbocycles. The number of hydrogen-bond donors (Lipinski definition) is 2. The Kier molecular flexibility index (Phi) is 6.80. The van der Waals surface area contributed by atoms with Crippen LogP contribution in [-0.4, -0.2) is 47.0 Å². The van der Waals surface area contributed by atoms with Crippen molar-refractivity contribution in [2.75, 3.05) is 27.7 Å². The van der Waals surface area contributed by atoms with Gasteiger partial charge in [0.25, 0.3) is 0 Å². The topological polar surface area (TPSA) is 61.4 Å². The maximum absolute atomic E-state index is 12.5. The number of sulfonamides is 1. The molecule has 1 unspecified atom stereocenters. The van der Waals surface area contributed by atoms with Gasteiger partial charge < -0.3 is 10.2 Å². The van der Waals surface area contributed by atoms with Crippen molar-refractivity contribution in [2.45, 2.75) is 31.3 Å². The predicted molar refractivity (Wildman–Crippen MR) is 90.0 cm³/mol. The molecule has 1 atom stereocenters. The summed E-state index contributed by atoms with van der Waals surface area (Å²) in [6.07, 6.45) is 0. The van der Waals surface area contributed by atoms with Gasteiger partial charge in [0, 0.05) is 23.6 Å². The number of nitrogens with one attached hydrogen (secondary N) is 2. The molecule has 21 heavy (non-hydrogen) atoms. The van der Waals surface area contributed by atoms with E-state index in [9.17, 15) is 8.42 Å². The van der Waals surface area contributed by atoms with Crippen molar-refractivity contribution >= 4 is 26.0 Å². The molecule has 1 aromatic rings. The first-order valence-electron chi connectivity index (χ1n) is 6.78. The third-order valence-electron chi connectivity index (χ3n) is 3.40. The van der Waals surface area contributed by atoms with E-state index in [0.29, 0.717) is 22.5 Å². The van der Waals surface area contributed by atoms with Crippen LogP contribution < -0.4 is 10.0 Å². The zero-order chi connectivity index (χ0) is 16.2. The number of halogens is 1. The van der Waals surface area contributed by atoms with E-state index in [1.807, 2.05) is 46.0 Å². The van der Waals surface area contributed by atoms with Gasteiger partial charge in [-0.05, 0) is 68.1 Å². The van der Waals surface area contributed by atoms with Crippen LogP contribution in [-0.2, 0) is 16.6 Å². The molecule has 0 bridgehead atoms. The Morgan fingerprint density at radius 3 is 2.48 bits per heavy atom. The van der Waals surface area contributed by atoms with E-state index in [4.69, 9.17) is 0 Å². The molecule has 0 heterocycles. The van der Waals surface area contributed by atoms with E-state index in [1.54, 1.807) is 6.07 Å². The minimum absolute atomic E-state index is 0.125. The van der Waals surface area contributed by atoms with E-state index in [1.165, 1.54) is 0 Å². The summed E-state index contributed by atoms with van der Waals surface area (Å²) < 4.78 is 28.3. The fraction of sp³-hybridized carbons (Fsp3) is 0.571. The maximum atomic E-state index is 12.5. The number of aryl methyl sites for hydroxylation is 1. The van der Waals surface area contributed by atoms with Crippen LogP contribution in [0.5, 0.6) is 0 Å². The Morgan fingerprint density at radius 2 is 1.95 bits per heavy atom. The van der Waals surface area contributed by atoms with E-state index >= 15 is 0 Å². The monoisotopic (exact) mass is 377 g/mol. The molecular weight excluding hydrogens is 354 g/mol. The molecule has 0 amide bonds. The highest BCUT2D eigenvalue weighted by Gasteiger charge is 2.20. The van der Waals surface area contributed by atoms with Crippen LogP contribution in [0.2, 0.25) is 0 Å². The first-order chi connectivity index (χ1) is 9.69. The van der Waals surface area contributed by atoms with Gasteiger partial charge in [-0.15, -0.1) is 0 Å². The lowest BCUT2D eigenvalue weighted by atomic mass is 10.1. The van der Waals surface area contributed by atoms with Crippen LogP contribution >= 0.6 is 15.9 Å². The summed E-state index contributed by atoms with van der Waals surface area (Å²) in [7, 11) is 2.15. The average Bonchev–Trinajstić information content (AvgIpc) is 2.40. The highest BCUT2D eigenvalue weighted by molar-refractivity contribution is 9.10. The molecule has 0 spiro atoms. The second kappa shape index (κ2) is 7.69. The largest absolute Gasteiger partial charge is 0.316 e. The van der Waals surface area contributed by atoms with Crippen LogP contribution in [0.3, 0.4) is 0 Å². The molecule has 0 aliphatic heterocycles. The highest BCUT2D eigenvalue weighted by atomic mass is 79.9. The van der Waals surface area contributed by atoms with E-state index in [0.717, 1.165) is 11.1 Å². The summed E-state index contributed by atoms with van der Waals surface area (Å²) in [6.45, 7) is 4.87. The first-order valence-corrected chi connectivity index (χ1v) is 9.06. The minimum Gasteiger partial charge on any atom is -0.316 e. The summed E-state index contributed by atoms with van der Waals surface area (Å²) in [4.78, 5) is 2.26. The van der Waals surface area contributed by atoms with Crippen molar-refractivity contribution in [1.82, 2.24) is 14.9 Å². The van der Waals surface area contributed by atoms with Crippen LogP contribution in [0.15, 0.2) is 21.5 Å². The number of rotatable bonds is 7. The van der Waals surface area contributed by atoms with Crippen molar-refractivity contribution in [2.24, 2.45) is 0 Å². The smallest absolute Gasteiger partial charge is 0.241 e. The van der Waals surface area contributed by atoms with Gasteiger partial charge >= 0.3 is 0 Å². The van der Waals surface area contributed by atoms with Crippen LogP contribution in [0.25, 0.3) is 0 Å². The Morgan fingerprint density at radius 1 is 1.33 bits per heavy atom. The molecule has 0 radical (unpaired) electrons. The Labute approximate surface area is 136 Å². The fourth-order valence-corrected chi connectivity index (χ4v) is 3.99. The molecule has 0 fully saturated rings. The molecule has 120 valence electrons. The standard InChI is InChI=1S/C14H24BrN3O2S/c1-10-6-12(9-16-3)7-13(14(10)15)21(19,20)17-8-11(2)18(4)5/h6-7,11,16-17H,8-9H2,1-5H3. The summed E-state index contributed by atoms with van der Waals surface area (Å²) in [5.74, 6) is 0. The molecule has 0 aromatic heterocycles. The van der Waals surface area contributed by atoms with Crippen molar-refractivity contribution in [3.8, 4) is 0 Å². The molecule has 0 saturated carbocycles. The zero-order valence-electron chi connectivity index (χ0n) is 13.2. The number of hydrogen-bond acceptors (Lipinski definition) is 4. The van der Waals surface area contributed by atoms with Crippen molar-refractivity contribution in [3.05, 3.63) is 27.7 Å². The number of nitrogens with zero attached hydrogens (tertiary/aromatic N) is 1. The molecule has 5 nitrogen and oxygen atoms in total. The van der Waals surface area contributed by atoms with Gasteiger partial charge in [0.2, 0.25) is 10.0 Å². The van der Waals surface area contributed by atoms with Crippen LogP contribution in [0.1, 0.15) is 18.1 Å². The zero-order valence-corrected chi connectivity index (χ0v) is 15.6. The molecular formula is C14H24BrN3O2S. The van der Waals surface area contributed by atoms with E-state index in [2.05, 4.69) is 26.0 Å². The Balaban J connectivity index is 3.07. The minimum atomic E-state index is -3.53. The van der Waals surface area contributed by atoms with Gasteiger partial charge in [-0.2, -0.15) is 0 Å². The Hall–Kier alpha value is -0.470. The van der Waals surface area contributed by atoms with E-state index in [-0.39, 0.29) is 6.04 Å². The van der Waals surface area contributed by atoms with Gasteiger partial charge in [0.15, 0.2) is 0 Å². The van der Waals surface area contributed by atoms with Gasteiger partial charge in [0.1, 0.15) is 0 Å². The second-order valence-corrected chi connectivity index (χ2v) is 7.95. The van der Waals surface area contributed by atoms with Gasteiger partial charge in [-0.1, -0.05) is 6.07 Å². The van der Waals surface area contributed by atoms with Crippen LogP contribution in [0.4, 0.5) is 0 Å². The summed E-state index contributed by atoms with van der Waals surface area (Å²) in [5.41, 5.74) is 1.85. The first kappa shape index (κ1) is 18.6. The SMILES string of the molecule is CNCc1cc(C)c(Br)c(S(=O)(=O)NCC(C)N(C)C)c1. The normalized spacial score (nSPS) is 13.7. The number of benzene rings is 1. The summed E-state index contributed by atoms with van der Waals surface area (Å²) >= 11 is 3.39. The average molecular weight is 378 g/mol. The third-order valence-corrected chi connectivity index (χ3v) is 6.16. The Bertz CT molecular complexity index is 588. The summed E-state index contributed by atoms with van der Waals surface area (Å²) in [6, 6.07) is 3.80. The summed E-state index contributed by atoms with van der Waals surface area (Å²) in [5, 5.41) is 3.04. The maximum Gasteiger partial charge on any atom is 0.241 e. The van der Waals surface area contributed by atoms with Crippen molar-refractivity contribution < 1.29 is 8.42 Å². The van der Waals surface area contributed by atoms with Gasteiger partial charge in [0.05, 0.1) is 4.90 Å². The number of likely N-dealkylation sites (N-methyl/N-ethyl adjacent to an activating group) is 1. The van der Waals surface area contributed by atoms with Crippen LogP contribution in [0, 0.1) is 6.92 Å². The van der Waals surface area contributed by atoms with Crippen molar-refractivity contribution in [1.29, 1.82) is 0 Å². The quantitative estimate of drug-likeness (QED) is 0.758. The fourth-order valence-electron chi connectivity index (χ4n) is 1.80. The van der Waals surface area contributed by atoms with Gasteiger partial charge in [-0.25, -0.2) is 13.1 Å². The highest BCUT2D eigenvalue weighted by Crippen LogP contribution is 2.27. The van der Waals surface area contributed by atoms with Gasteiger partial charge in [-0.3, -0.25) is 0 Å². The third kappa shape index (κ3) is 5.03. The lowest BCUT2D eigenvalue weighted by Crippen LogP contribution is -2.38. The molecule has 0 aliphatic carbocycles. The molecule has 7 heteroatoms. The molecule has 1 rings (SSSR count). The molecule has 2 N–H and O–H groups in total. The van der Waals surface area contributed by atoms with E-state index < -0.39 is 10.0 Å². The lowest BCUT2D eigenvalue weighted by molar-refractivity contribution is 0.314. The molecule has 0 aliphatic rings. The second-order valence-electron chi connectivity index (χ2n) is 5.42. The lowest BCUT2D eigenvalue weighted by Gasteiger charge is -2.20.